The number of benzene rings is 1. The van der Waals surface area contributed by atoms with E-state index in [9.17, 15) is 14.3 Å². The highest BCUT2D eigenvalue weighted by Crippen LogP contribution is 2.45. The molecule has 0 aliphatic carbocycles. The van der Waals surface area contributed by atoms with Gasteiger partial charge in [0.1, 0.15) is 5.82 Å². The van der Waals surface area contributed by atoms with E-state index >= 15 is 0 Å². The molecule has 2 atom stereocenters. The number of aliphatic carboxylic acids is 1. The fourth-order valence-corrected chi connectivity index (χ4v) is 3.17. The third-order valence-corrected chi connectivity index (χ3v) is 4.44. The van der Waals surface area contributed by atoms with Gasteiger partial charge >= 0.3 is 5.97 Å². The Kier molecular flexibility index (Phi) is 4.14. The van der Waals surface area contributed by atoms with Gasteiger partial charge in [-0.15, -0.1) is 0 Å². The second-order valence-corrected chi connectivity index (χ2v) is 5.94. The minimum atomic E-state index is -0.824. The molecule has 1 heterocycles. The molecule has 1 N–H and O–H groups in total. The van der Waals surface area contributed by atoms with Gasteiger partial charge in [-0.25, -0.2) is 4.39 Å². The van der Waals surface area contributed by atoms with Crippen molar-refractivity contribution in [3.8, 4) is 0 Å². The van der Waals surface area contributed by atoms with Crippen LogP contribution in [0.25, 0.3) is 0 Å². The van der Waals surface area contributed by atoms with E-state index in [0.29, 0.717) is 19.4 Å². The first-order valence-electron chi connectivity index (χ1n) is 7.01. The standard InChI is InChI=1S/C16H21FO3/c1-3-15(2)11-16(8-9-20-15,10-14(18)19)12-4-6-13(17)7-5-12/h4-7H,3,8-11H2,1-2H3,(H,18,19)/t15-,16-/m1/s1. The fourth-order valence-electron chi connectivity index (χ4n) is 3.17. The van der Waals surface area contributed by atoms with Crippen LogP contribution in [0.1, 0.15) is 45.1 Å². The third-order valence-electron chi connectivity index (χ3n) is 4.44. The molecule has 4 heteroatoms. The maximum absolute atomic E-state index is 13.1. The van der Waals surface area contributed by atoms with E-state index in [4.69, 9.17) is 4.74 Å². The molecule has 3 nitrogen and oxygen atoms in total. The van der Waals surface area contributed by atoms with Gasteiger partial charge in [0.15, 0.2) is 0 Å². The van der Waals surface area contributed by atoms with Crippen molar-refractivity contribution in [1.82, 2.24) is 0 Å². The van der Waals surface area contributed by atoms with Crippen molar-refractivity contribution in [2.75, 3.05) is 6.61 Å². The molecule has 20 heavy (non-hydrogen) atoms. The van der Waals surface area contributed by atoms with E-state index in [-0.39, 0.29) is 17.8 Å². The molecule has 0 aromatic heterocycles. The molecule has 0 unspecified atom stereocenters. The summed E-state index contributed by atoms with van der Waals surface area (Å²) >= 11 is 0. The van der Waals surface area contributed by atoms with Gasteiger partial charge in [-0.1, -0.05) is 19.1 Å². The summed E-state index contributed by atoms with van der Waals surface area (Å²) in [6, 6.07) is 6.22. The summed E-state index contributed by atoms with van der Waals surface area (Å²) in [6.07, 6.45) is 2.18. The highest BCUT2D eigenvalue weighted by atomic mass is 19.1. The fraction of sp³-hybridized carbons (Fsp3) is 0.562. The van der Waals surface area contributed by atoms with Gasteiger partial charge < -0.3 is 9.84 Å². The van der Waals surface area contributed by atoms with E-state index in [1.54, 1.807) is 12.1 Å². The summed E-state index contributed by atoms with van der Waals surface area (Å²) in [4.78, 5) is 11.3. The highest BCUT2D eigenvalue weighted by Gasteiger charge is 2.44. The van der Waals surface area contributed by atoms with Crippen LogP contribution in [0.5, 0.6) is 0 Å². The van der Waals surface area contributed by atoms with Crippen LogP contribution in [-0.4, -0.2) is 23.3 Å². The van der Waals surface area contributed by atoms with Crippen molar-refractivity contribution in [1.29, 1.82) is 0 Å². The number of ether oxygens (including phenoxy) is 1. The SMILES string of the molecule is CC[C@]1(C)C[C@@](CC(=O)O)(c2ccc(F)cc2)CCO1. The van der Waals surface area contributed by atoms with Gasteiger partial charge in [-0.3, -0.25) is 4.79 Å². The molecule has 1 aliphatic rings. The first kappa shape index (κ1) is 15.0. The largest absolute Gasteiger partial charge is 0.481 e. The number of hydrogen-bond donors (Lipinski definition) is 1. The average Bonchev–Trinajstić information content (AvgIpc) is 2.38. The molecule has 2 rings (SSSR count). The Morgan fingerprint density at radius 3 is 2.60 bits per heavy atom. The zero-order valence-corrected chi connectivity index (χ0v) is 12.0. The summed E-state index contributed by atoms with van der Waals surface area (Å²) in [5, 5.41) is 9.27. The van der Waals surface area contributed by atoms with Gasteiger partial charge in [-0.2, -0.15) is 0 Å². The molecule has 0 saturated carbocycles. The normalized spacial score (nSPS) is 30.1. The van der Waals surface area contributed by atoms with Gasteiger partial charge in [0.25, 0.3) is 0 Å². The maximum Gasteiger partial charge on any atom is 0.304 e. The number of halogens is 1. The average molecular weight is 280 g/mol. The lowest BCUT2D eigenvalue weighted by atomic mass is 9.66. The molecule has 0 bridgehead atoms. The minimum Gasteiger partial charge on any atom is -0.481 e. The molecule has 1 aromatic rings. The van der Waals surface area contributed by atoms with E-state index in [2.05, 4.69) is 0 Å². The predicted octanol–water partition coefficient (Wildman–Crippen LogP) is 3.52. The van der Waals surface area contributed by atoms with Gasteiger partial charge in [0, 0.05) is 12.0 Å². The highest BCUT2D eigenvalue weighted by molar-refractivity contribution is 5.69. The van der Waals surface area contributed by atoms with Crippen LogP contribution in [0.2, 0.25) is 0 Å². The van der Waals surface area contributed by atoms with Crippen molar-refractivity contribution < 1.29 is 19.0 Å². The zero-order valence-electron chi connectivity index (χ0n) is 12.0. The lowest BCUT2D eigenvalue weighted by molar-refractivity contribution is -0.143. The monoisotopic (exact) mass is 280 g/mol. The van der Waals surface area contributed by atoms with Gasteiger partial charge in [-0.05, 0) is 43.9 Å². The second-order valence-electron chi connectivity index (χ2n) is 5.94. The summed E-state index contributed by atoms with van der Waals surface area (Å²) in [7, 11) is 0. The topological polar surface area (TPSA) is 46.5 Å². The summed E-state index contributed by atoms with van der Waals surface area (Å²) in [6.45, 7) is 4.60. The number of carbonyl (C=O) groups is 1. The van der Waals surface area contributed by atoms with Gasteiger partial charge in [0.2, 0.25) is 0 Å². The predicted molar refractivity (Wildman–Crippen MR) is 74.2 cm³/mol. The number of rotatable bonds is 4. The van der Waals surface area contributed by atoms with E-state index < -0.39 is 11.4 Å². The first-order chi connectivity index (χ1) is 9.39. The summed E-state index contributed by atoms with van der Waals surface area (Å²) < 4.78 is 18.9. The van der Waals surface area contributed by atoms with E-state index in [1.807, 2.05) is 13.8 Å². The molecule has 1 aliphatic heterocycles. The Hall–Kier alpha value is -1.42. The van der Waals surface area contributed by atoms with Crippen molar-refractivity contribution in [2.24, 2.45) is 0 Å². The van der Waals surface area contributed by atoms with Crippen LogP contribution in [-0.2, 0) is 14.9 Å². The quantitative estimate of drug-likeness (QED) is 0.918. The number of carboxylic acids is 1. The lowest BCUT2D eigenvalue weighted by Crippen LogP contribution is -2.46. The van der Waals surface area contributed by atoms with Crippen LogP contribution in [0.15, 0.2) is 24.3 Å². The molecule has 110 valence electrons. The Morgan fingerprint density at radius 2 is 2.05 bits per heavy atom. The van der Waals surface area contributed by atoms with E-state index in [1.165, 1.54) is 12.1 Å². The Morgan fingerprint density at radius 1 is 1.40 bits per heavy atom. The summed E-state index contributed by atoms with van der Waals surface area (Å²) in [5.74, 6) is -1.13. The van der Waals surface area contributed by atoms with Gasteiger partial charge in [0.05, 0.1) is 12.0 Å². The second kappa shape index (κ2) is 5.52. The minimum absolute atomic E-state index is 0.0532. The molecule has 0 spiro atoms. The lowest BCUT2D eigenvalue weighted by Gasteiger charge is -2.46. The molecule has 1 aromatic carbocycles. The molecule has 1 saturated heterocycles. The molecular formula is C16H21FO3. The van der Waals surface area contributed by atoms with E-state index in [0.717, 1.165) is 12.0 Å². The first-order valence-corrected chi connectivity index (χ1v) is 7.01. The maximum atomic E-state index is 13.1. The molecule has 0 radical (unpaired) electrons. The van der Waals surface area contributed by atoms with Crippen molar-refractivity contribution >= 4 is 5.97 Å². The Labute approximate surface area is 118 Å². The Balaban J connectivity index is 2.39. The summed E-state index contributed by atoms with van der Waals surface area (Å²) in [5.41, 5.74) is 0.106. The number of hydrogen-bond acceptors (Lipinski definition) is 2. The molecule has 0 amide bonds. The van der Waals surface area contributed by atoms with Crippen LogP contribution in [0, 0.1) is 5.82 Å². The van der Waals surface area contributed by atoms with Crippen molar-refractivity contribution in [3.05, 3.63) is 35.6 Å². The smallest absolute Gasteiger partial charge is 0.304 e. The molecular weight excluding hydrogens is 259 g/mol. The Bertz CT molecular complexity index is 485. The van der Waals surface area contributed by atoms with Crippen LogP contribution in [0.3, 0.4) is 0 Å². The zero-order chi connectivity index (χ0) is 14.8. The number of carboxylic acid groups (broad SMARTS) is 1. The van der Waals surface area contributed by atoms with Crippen LogP contribution in [0.4, 0.5) is 4.39 Å². The molecule has 1 fully saturated rings. The van der Waals surface area contributed by atoms with Crippen molar-refractivity contribution in [2.45, 2.75) is 50.5 Å². The third kappa shape index (κ3) is 3.01. The van der Waals surface area contributed by atoms with Crippen LogP contribution < -0.4 is 0 Å². The van der Waals surface area contributed by atoms with Crippen LogP contribution >= 0.6 is 0 Å². The van der Waals surface area contributed by atoms with Crippen molar-refractivity contribution in [3.63, 3.8) is 0 Å².